The van der Waals surface area contributed by atoms with Crippen molar-refractivity contribution < 1.29 is 13.5 Å². The number of nitrogens with two attached hydrogens (primary N) is 1. The van der Waals surface area contributed by atoms with Crippen molar-refractivity contribution in [3.8, 4) is 0 Å². The number of hydrogen-bond donors (Lipinski definition) is 4. The summed E-state index contributed by atoms with van der Waals surface area (Å²) in [6.07, 6.45) is 11.0. The maximum atomic E-state index is 14.4. The van der Waals surface area contributed by atoms with Crippen LogP contribution in [0.2, 0.25) is 0 Å². The predicted octanol–water partition coefficient (Wildman–Crippen LogP) is 5.29. The summed E-state index contributed by atoms with van der Waals surface area (Å²) in [7, 11) is 1.45. The monoisotopic (exact) mass is 480 g/mol. The normalized spacial score (nSPS) is 20.3. The molecule has 7 nitrogen and oxygen atoms in total. The summed E-state index contributed by atoms with van der Waals surface area (Å²) < 4.78 is 33.7. The Morgan fingerprint density at radius 2 is 2.03 bits per heavy atom. The van der Waals surface area contributed by atoms with Crippen LogP contribution < -0.4 is 11.1 Å². The topological polar surface area (TPSA) is 113 Å². The van der Waals surface area contributed by atoms with Gasteiger partial charge in [0.05, 0.1) is 41.7 Å². The second-order valence-corrected chi connectivity index (χ2v) is 9.16. The highest BCUT2D eigenvalue weighted by atomic mass is 19.1. The Kier molecular flexibility index (Phi) is 7.67. The zero-order chi connectivity index (χ0) is 24.9. The van der Waals surface area contributed by atoms with Crippen LogP contribution >= 0.6 is 0 Å². The summed E-state index contributed by atoms with van der Waals surface area (Å²) in [5.74, 6) is -0.209. The standard InChI is InChI=1S/C26H30F2N6O/c1-15-7-17(11-18(29)8-15)20-5-6-31-13-24(20)34-26-32-12-19(33-26)3-4-23(30)25-21(27)9-16(14-35-2)10-22(25)28/h3-6,9-10,12-13,15,17-18,30H,7-8,11,14,29H2,1-2H3,(H2,32,33,34)/b4-3-,30-23?/t15-,17+,18-/m0/s1. The number of rotatable bonds is 8. The zero-order valence-corrected chi connectivity index (χ0v) is 19.8. The first kappa shape index (κ1) is 24.7. The molecule has 4 rings (SSSR count). The van der Waals surface area contributed by atoms with Crippen LogP contribution in [-0.2, 0) is 11.3 Å². The van der Waals surface area contributed by atoms with E-state index >= 15 is 0 Å². The molecule has 0 radical (unpaired) electrons. The van der Waals surface area contributed by atoms with Crippen LogP contribution in [0.5, 0.6) is 0 Å². The van der Waals surface area contributed by atoms with Gasteiger partial charge in [-0.05, 0) is 72.6 Å². The van der Waals surface area contributed by atoms with Gasteiger partial charge in [0.1, 0.15) is 11.6 Å². The number of halogens is 2. The highest BCUT2D eigenvalue weighted by Gasteiger charge is 2.27. The Morgan fingerprint density at radius 1 is 1.26 bits per heavy atom. The van der Waals surface area contributed by atoms with E-state index in [1.807, 2.05) is 6.07 Å². The summed E-state index contributed by atoms with van der Waals surface area (Å²) in [6.45, 7) is 2.32. The number of nitrogens with zero attached hydrogens (tertiary/aromatic N) is 2. The minimum absolute atomic E-state index is 0.0897. The maximum absolute atomic E-state index is 14.4. The predicted molar refractivity (Wildman–Crippen MR) is 133 cm³/mol. The highest BCUT2D eigenvalue weighted by molar-refractivity contribution is 6.09. The summed E-state index contributed by atoms with van der Waals surface area (Å²) in [5.41, 5.74) is 8.54. The fourth-order valence-electron chi connectivity index (χ4n) is 4.78. The van der Waals surface area contributed by atoms with Gasteiger partial charge in [-0.1, -0.05) is 6.92 Å². The maximum Gasteiger partial charge on any atom is 0.205 e. The Morgan fingerprint density at radius 3 is 2.74 bits per heavy atom. The molecule has 2 aromatic heterocycles. The number of allylic oxidation sites excluding steroid dienone is 1. The van der Waals surface area contributed by atoms with Crippen LogP contribution in [-0.4, -0.2) is 33.8 Å². The summed E-state index contributed by atoms with van der Waals surface area (Å²) in [6, 6.07) is 4.55. The largest absolute Gasteiger partial charge is 0.380 e. The van der Waals surface area contributed by atoms with E-state index in [0.29, 0.717) is 29.0 Å². The number of aromatic nitrogens is 3. The quantitative estimate of drug-likeness (QED) is 0.328. The van der Waals surface area contributed by atoms with E-state index in [0.717, 1.165) is 30.5 Å². The van der Waals surface area contributed by atoms with E-state index in [9.17, 15) is 8.78 Å². The average molecular weight is 481 g/mol. The van der Waals surface area contributed by atoms with E-state index in [2.05, 4.69) is 27.2 Å². The van der Waals surface area contributed by atoms with Crippen molar-refractivity contribution in [3.05, 3.63) is 76.9 Å². The van der Waals surface area contributed by atoms with Gasteiger partial charge in [-0.15, -0.1) is 0 Å². The Balaban J connectivity index is 1.47. The molecule has 3 aromatic rings. The minimum Gasteiger partial charge on any atom is -0.380 e. The summed E-state index contributed by atoms with van der Waals surface area (Å²) >= 11 is 0. The number of hydrogen-bond acceptors (Lipinski definition) is 6. The number of benzene rings is 1. The second kappa shape index (κ2) is 10.9. The fraction of sp³-hybridized carbons (Fsp3) is 0.346. The fourth-order valence-corrected chi connectivity index (χ4v) is 4.78. The minimum atomic E-state index is -0.806. The number of aromatic amines is 1. The molecule has 1 saturated carbocycles. The lowest BCUT2D eigenvalue weighted by Gasteiger charge is -2.32. The third-order valence-electron chi connectivity index (χ3n) is 6.23. The van der Waals surface area contributed by atoms with Gasteiger partial charge in [-0.3, -0.25) is 4.98 Å². The SMILES string of the molecule is COCc1cc(F)c(C(=N)/C=C\c2cnc(Nc3cnccc3[C@@H]3C[C@H](C)C[C@H](N)C3)[nH]2)c(F)c1. The average Bonchev–Trinajstić information content (AvgIpc) is 3.24. The molecular weight excluding hydrogens is 450 g/mol. The third kappa shape index (κ3) is 5.98. The van der Waals surface area contributed by atoms with Gasteiger partial charge in [0.25, 0.3) is 0 Å². The molecule has 3 atom stereocenters. The van der Waals surface area contributed by atoms with Gasteiger partial charge in [-0.25, -0.2) is 13.8 Å². The van der Waals surface area contributed by atoms with E-state index in [1.165, 1.54) is 25.3 Å². The van der Waals surface area contributed by atoms with Crippen LogP contribution in [0.4, 0.5) is 20.4 Å². The van der Waals surface area contributed by atoms with Crippen molar-refractivity contribution in [1.82, 2.24) is 15.0 Å². The Labute approximate surface area is 203 Å². The molecule has 1 aliphatic carbocycles. The summed E-state index contributed by atoms with van der Waals surface area (Å²) in [5, 5.41) is 11.4. The van der Waals surface area contributed by atoms with Crippen molar-refractivity contribution in [3.63, 3.8) is 0 Å². The highest BCUT2D eigenvalue weighted by Crippen LogP contribution is 2.38. The van der Waals surface area contributed by atoms with Crippen molar-refractivity contribution in [2.45, 2.75) is 44.8 Å². The van der Waals surface area contributed by atoms with Gasteiger partial charge >= 0.3 is 0 Å². The molecule has 1 aromatic carbocycles. The Hall–Kier alpha value is -3.43. The number of H-pyrrole nitrogens is 1. The first-order chi connectivity index (χ1) is 16.8. The van der Waals surface area contributed by atoms with Gasteiger partial charge in [-0.2, -0.15) is 0 Å². The zero-order valence-electron chi connectivity index (χ0n) is 19.8. The van der Waals surface area contributed by atoms with Crippen molar-refractivity contribution >= 4 is 23.4 Å². The van der Waals surface area contributed by atoms with Crippen LogP contribution in [0, 0.1) is 23.0 Å². The molecular formula is C26H30F2N6O. The first-order valence-corrected chi connectivity index (χ1v) is 11.6. The lowest BCUT2D eigenvalue weighted by molar-refractivity contribution is 0.184. The second-order valence-electron chi connectivity index (χ2n) is 9.16. The lowest BCUT2D eigenvalue weighted by atomic mass is 9.76. The molecule has 0 saturated heterocycles. The van der Waals surface area contributed by atoms with E-state index < -0.39 is 11.6 Å². The molecule has 5 N–H and O–H groups in total. The van der Waals surface area contributed by atoms with E-state index in [-0.39, 0.29) is 23.9 Å². The van der Waals surface area contributed by atoms with E-state index in [4.69, 9.17) is 15.9 Å². The number of anilines is 2. The molecule has 0 amide bonds. The summed E-state index contributed by atoms with van der Waals surface area (Å²) in [4.78, 5) is 11.7. The molecule has 2 heterocycles. The number of imidazole rings is 1. The Bertz CT molecular complexity index is 1190. The van der Waals surface area contributed by atoms with Crippen molar-refractivity contribution in [1.29, 1.82) is 5.41 Å². The van der Waals surface area contributed by atoms with Gasteiger partial charge in [0, 0.05) is 19.3 Å². The van der Waals surface area contributed by atoms with Crippen LogP contribution in [0.3, 0.4) is 0 Å². The van der Waals surface area contributed by atoms with Crippen LogP contribution in [0.15, 0.2) is 42.9 Å². The third-order valence-corrected chi connectivity index (χ3v) is 6.23. The van der Waals surface area contributed by atoms with E-state index in [1.54, 1.807) is 24.7 Å². The molecule has 0 spiro atoms. The molecule has 35 heavy (non-hydrogen) atoms. The van der Waals surface area contributed by atoms with Crippen LogP contribution in [0.25, 0.3) is 6.08 Å². The number of nitrogens with one attached hydrogen (secondary N) is 3. The van der Waals surface area contributed by atoms with Gasteiger partial charge < -0.3 is 26.2 Å². The van der Waals surface area contributed by atoms with Gasteiger partial charge in [0.2, 0.25) is 5.95 Å². The molecule has 1 aliphatic rings. The number of methoxy groups -OCH3 is 1. The lowest BCUT2D eigenvalue weighted by Crippen LogP contribution is -2.31. The molecule has 9 heteroatoms. The van der Waals surface area contributed by atoms with Crippen molar-refractivity contribution in [2.24, 2.45) is 11.7 Å². The molecule has 0 aliphatic heterocycles. The number of ether oxygens (including phenoxy) is 1. The van der Waals surface area contributed by atoms with Crippen LogP contribution in [0.1, 0.15) is 54.5 Å². The first-order valence-electron chi connectivity index (χ1n) is 11.6. The molecule has 1 fully saturated rings. The molecule has 184 valence electrons. The molecule has 0 bridgehead atoms. The van der Waals surface area contributed by atoms with Crippen molar-refractivity contribution in [2.75, 3.05) is 12.4 Å². The van der Waals surface area contributed by atoms with Gasteiger partial charge in [0.15, 0.2) is 0 Å². The number of pyridine rings is 1. The molecule has 0 unspecified atom stereocenters. The smallest absolute Gasteiger partial charge is 0.205 e.